The summed E-state index contributed by atoms with van der Waals surface area (Å²) >= 11 is 0. The van der Waals surface area contributed by atoms with Gasteiger partial charge in [-0.3, -0.25) is 0 Å². The lowest BCUT2D eigenvalue weighted by atomic mass is 10.0. The van der Waals surface area contributed by atoms with Crippen LogP contribution < -0.4 is 0 Å². The molecule has 0 bridgehead atoms. The molecule has 6 nitrogen and oxygen atoms in total. The van der Waals surface area contributed by atoms with E-state index in [-0.39, 0.29) is 0 Å². The Morgan fingerprint density at radius 3 is 1.61 bits per heavy atom. The molecule has 56 heavy (non-hydrogen) atoms. The Bertz CT molecular complexity index is 3230. The van der Waals surface area contributed by atoms with Crippen molar-refractivity contribution in [2.24, 2.45) is 0 Å². The first kappa shape index (κ1) is 31.8. The summed E-state index contributed by atoms with van der Waals surface area (Å²) in [4.78, 5) is 20.5. The molecule has 0 aliphatic heterocycles. The van der Waals surface area contributed by atoms with E-state index in [0.29, 0.717) is 17.5 Å². The highest BCUT2D eigenvalue weighted by atomic mass is 16.3. The van der Waals surface area contributed by atoms with Crippen LogP contribution in [0.15, 0.2) is 192 Å². The third-order valence-corrected chi connectivity index (χ3v) is 10.4. The van der Waals surface area contributed by atoms with Crippen LogP contribution in [0.5, 0.6) is 0 Å². The van der Waals surface area contributed by atoms with Gasteiger partial charge < -0.3 is 8.98 Å². The highest BCUT2D eigenvalue weighted by Crippen LogP contribution is 2.44. The summed E-state index contributed by atoms with van der Waals surface area (Å²) in [5, 5.41) is 2.98. The number of pyridine rings is 1. The van der Waals surface area contributed by atoms with Crippen molar-refractivity contribution in [2.75, 3.05) is 0 Å². The van der Waals surface area contributed by atoms with Crippen LogP contribution in [-0.4, -0.2) is 24.5 Å². The van der Waals surface area contributed by atoms with Crippen molar-refractivity contribution in [3.05, 3.63) is 188 Å². The van der Waals surface area contributed by atoms with E-state index in [1.165, 1.54) is 0 Å². The predicted molar refractivity (Wildman–Crippen MR) is 226 cm³/mol. The molecule has 0 saturated heterocycles. The molecule has 4 heterocycles. The average molecular weight is 718 g/mol. The van der Waals surface area contributed by atoms with Crippen molar-refractivity contribution >= 4 is 43.9 Å². The second-order valence-electron chi connectivity index (χ2n) is 13.8. The van der Waals surface area contributed by atoms with Crippen molar-refractivity contribution in [3.63, 3.8) is 0 Å². The Balaban J connectivity index is 1.13. The largest absolute Gasteiger partial charge is 0.453 e. The van der Waals surface area contributed by atoms with Crippen LogP contribution in [0.3, 0.4) is 0 Å². The molecule has 0 unspecified atom stereocenters. The van der Waals surface area contributed by atoms with Crippen LogP contribution in [0.1, 0.15) is 0 Å². The Hall–Kier alpha value is -7.70. The Morgan fingerprint density at radius 2 is 0.893 bits per heavy atom. The van der Waals surface area contributed by atoms with Crippen LogP contribution in [0.4, 0.5) is 0 Å². The fraction of sp³-hybridized carbons (Fsp3) is 0. The lowest BCUT2D eigenvalue weighted by Crippen LogP contribution is -2.01. The molecule has 0 aliphatic carbocycles. The zero-order valence-corrected chi connectivity index (χ0v) is 30.0. The van der Waals surface area contributed by atoms with Gasteiger partial charge >= 0.3 is 0 Å². The molecule has 0 fully saturated rings. The molecule has 4 aromatic heterocycles. The van der Waals surface area contributed by atoms with E-state index in [2.05, 4.69) is 132 Å². The quantitative estimate of drug-likeness (QED) is 0.171. The number of furan rings is 1. The molecule has 11 rings (SSSR count). The summed E-state index contributed by atoms with van der Waals surface area (Å²) in [6, 6.07) is 64.3. The van der Waals surface area contributed by atoms with Crippen LogP contribution in [0.2, 0.25) is 0 Å². The maximum absolute atomic E-state index is 6.93. The standard InChI is InChI=1S/C50H31N5O/c1-4-15-32(16-5-1)33-27-29-36(30-28-33)49-52-48(35-19-8-3-9-20-35)53-50(54-49)37-21-14-22-38(31-37)55-42-26-13-11-24-40(42)47-45(55)43-44(34-17-6-2-7-18-34)51-41-25-12-10-23-39(41)46(43)56-47/h1-31H. The highest BCUT2D eigenvalue weighted by Gasteiger charge is 2.25. The average Bonchev–Trinajstić information content (AvgIpc) is 3.82. The molecule has 0 amide bonds. The van der Waals surface area contributed by atoms with E-state index in [1.54, 1.807) is 0 Å². The number of benzene rings is 7. The number of nitrogens with zero attached hydrogens (tertiary/aromatic N) is 5. The first-order valence-electron chi connectivity index (χ1n) is 18.6. The molecule has 0 radical (unpaired) electrons. The second-order valence-corrected chi connectivity index (χ2v) is 13.8. The molecule has 262 valence electrons. The first-order chi connectivity index (χ1) is 27.8. The molecule has 11 aromatic rings. The van der Waals surface area contributed by atoms with Gasteiger partial charge in [0, 0.05) is 38.7 Å². The summed E-state index contributed by atoms with van der Waals surface area (Å²) in [6.45, 7) is 0. The number of rotatable bonds is 6. The first-order valence-corrected chi connectivity index (χ1v) is 18.6. The van der Waals surface area contributed by atoms with Crippen LogP contribution >= 0.6 is 0 Å². The number of hydrogen-bond acceptors (Lipinski definition) is 5. The van der Waals surface area contributed by atoms with Gasteiger partial charge in [-0.05, 0) is 47.5 Å². The van der Waals surface area contributed by atoms with E-state index in [9.17, 15) is 0 Å². The highest BCUT2D eigenvalue weighted by molar-refractivity contribution is 6.24. The third kappa shape index (κ3) is 5.27. The van der Waals surface area contributed by atoms with Crippen molar-refractivity contribution in [1.29, 1.82) is 0 Å². The van der Waals surface area contributed by atoms with Gasteiger partial charge in [0.25, 0.3) is 0 Å². The van der Waals surface area contributed by atoms with Gasteiger partial charge in [-0.15, -0.1) is 0 Å². The van der Waals surface area contributed by atoms with Crippen LogP contribution in [0.25, 0.3) is 106 Å². The van der Waals surface area contributed by atoms with Gasteiger partial charge in [-0.1, -0.05) is 152 Å². The van der Waals surface area contributed by atoms with Gasteiger partial charge in [0.2, 0.25) is 0 Å². The molecule has 7 aromatic carbocycles. The lowest BCUT2D eigenvalue weighted by molar-refractivity contribution is 0.676. The maximum Gasteiger partial charge on any atom is 0.164 e. The smallest absolute Gasteiger partial charge is 0.164 e. The fourth-order valence-corrected chi connectivity index (χ4v) is 7.80. The summed E-state index contributed by atoms with van der Waals surface area (Å²) in [6.07, 6.45) is 0. The minimum atomic E-state index is 0.588. The third-order valence-electron chi connectivity index (χ3n) is 10.4. The Morgan fingerprint density at radius 1 is 0.375 bits per heavy atom. The van der Waals surface area contributed by atoms with Crippen LogP contribution in [0, 0.1) is 0 Å². The Labute approximate surface area is 322 Å². The zero-order valence-electron chi connectivity index (χ0n) is 30.0. The van der Waals surface area contributed by atoms with Crippen LogP contribution in [-0.2, 0) is 0 Å². The molecule has 0 spiro atoms. The topological polar surface area (TPSA) is 69.6 Å². The van der Waals surface area contributed by atoms with E-state index >= 15 is 0 Å². The van der Waals surface area contributed by atoms with E-state index in [0.717, 1.165) is 88.6 Å². The van der Waals surface area contributed by atoms with Gasteiger partial charge in [0.1, 0.15) is 11.1 Å². The van der Waals surface area contributed by atoms with Crippen molar-refractivity contribution in [2.45, 2.75) is 0 Å². The number of fused-ring (bicyclic) bond motifs is 7. The minimum absolute atomic E-state index is 0.588. The predicted octanol–water partition coefficient (Wildman–Crippen LogP) is 12.6. The van der Waals surface area contributed by atoms with Gasteiger partial charge in [-0.2, -0.15) is 0 Å². The van der Waals surface area contributed by atoms with Gasteiger partial charge in [-0.25, -0.2) is 19.9 Å². The molecular weight excluding hydrogens is 687 g/mol. The minimum Gasteiger partial charge on any atom is -0.453 e. The molecule has 0 N–H and O–H groups in total. The number of aromatic nitrogens is 5. The molecule has 6 heteroatoms. The summed E-state index contributed by atoms with van der Waals surface area (Å²) < 4.78 is 9.23. The lowest BCUT2D eigenvalue weighted by Gasteiger charge is -2.12. The summed E-state index contributed by atoms with van der Waals surface area (Å²) in [5.74, 6) is 1.81. The van der Waals surface area contributed by atoms with Gasteiger partial charge in [0.15, 0.2) is 23.1 Å². The zero-order chi connectivity index (χ0) is 37.0. The Kier molecular flexibility index (Phi) is 7.38. The van der Waals surface area contributed by atoms with Crippen molar-refractivity contribution in [3.8, 4) is 62.2 Å². The molecule has 0 saturated carbocycles. The van der Waals surface area contributed by atoms with E-state index in [4.69, 9.17) is 24.4 Å². The van der Waals surface area contributed by atoms with E-state index in [1.807, 2.05) is 60.7 Å². The van der Waals surface area contributed by atoms with Crippen molar-refractivity contribution < 1.29 is 4.42 Å². The fourth-order valence-electron chi connectivity index (χ4n) is 7.80. The van der Waals surface area contributed by atoms with Crippen molar-refractivity contribution in [1.82, 2.24) is 24.5 Å². The maximum atomic E-state index is 6.93. The molecule has 0 atom stereocenters. The monoisotopic (exact) mass is 717 g/mol. The molecular formula is C50H31N5O. The molecule has 0 aliphatic rings. The second kappa shape index (κ2) is 13.0. The summed E-state index contributed by atoms with van der Waals surface area (Å²) in [7, 11) is 0. The number of para-hydroxylation sites is 2. The summed E-state index contributed by atoms with van der Waals surface area (Å²) in [5.41, 5.74) is 12.4. The SMILES string of the molecule is c1ccc(-c2ccc(-c3nc(-c4ccccc4)nc(-c4cccc(-n5c6ccccc6c6oc7c8ccccc8nc(-c8ccccc8)c7c65)c4)n3)cc2)cc1. The van der Waals surface area contributed by atoms with Gasteiger partial charge in [0.05, 0.1) is 22.1 Å². The number of hydrogen-bond donors (Lipinski definition) is 0. The van der Waals surface area contributed by atoms with E-state index < -0.39 is 0 Å². The normalized spacial score (nSPS) is 11.6.